The van der Waals surface area contributed by atoms with Crippen molar-refractivity contribution in [3.8, 4) is 0 Å². The number of carbonyl (C=O) groups excluding carboxylic acids is 1. The quantitative estimate of drug-likeness (QED) is 0.265. The molecule has 2 N–H and O–H groups in total. The van der Waals surface area contributed by atoms with Crippen LogP contribution < -0.4 is 5.32 Å². The average Bonchev–Trinajstić information content (AvgIpc) is 2.80. The number of nitrogens with one attached hydrogen (secondary N) is 1. The largest absolute Gasteiger partial charge is 0.437 e. The van der Waals surface area contributed by atoms with Crippen LogP contribution in [0.1, 0.15) is 17.2 Å². The molecule has 0 aliphatic carbocycles. The first-order chi connectivity index (χ1) is 14.7. The van der Waals surface area contributed by atoms with E-state index in [0.29, 0.717) is 16.8 Å². The molecule has 4 aromatic rings. The lowest BCUT2D eigenvalue weighted by atomic mass is 9.99. The number of oxime groups is 1. The van der Waals surface area contributed by atoms with Crippen molar-refractivity contribution in [1.82, 2.24) is 0 Å². The summed E-state index contributed by atoms with van der Waals surface area (Å²) in [6, 6.07) is 31.6. The molecule has 0 saturated heterocycles. The van der Waals surface area contributed by atoms with Gasteiger partial charge in [-0.2, -0.15) is 0 Å². The number of fused-ring (bicyclic) bond motifs is 1. The summed E-state index contributed by atoms with van der Waals surface area (Å²) < 4.78 is 0. The van der Waals surface area contributed by atoms with Gasteiger partial charge in [0.15, 0.2) is 0 Å². The number of rotatable bonds is 5. The Morgan fingerprint density at radius 1 is 0.800 bits per heavy atom. The van der Waals surface area contributed by atoms with Crippen LogP contribution in [0.15, 0.2) is 108 Å². The van der Waals surface area contributed by atoms with Crippen molar-refractivity contribution in [3.63, 3.8) is 0 Å². The topological polar surface area (TPSA) is 70.9 Å². The highest BCUT2D eigenvalue weighted by Crippen LogP contribution is 2.23. The number of hydrogen-bond donors (Lipinski definition) is 2. The van der Waals surface area contributed by atoms with Crippen LogP contribution in [0.4, 0.5) is 10.5 Å². The van der Waals surface area contributed by atoms with Crippen LogP contribution in [-0.4, -0.2) is 16.9 Å². The average molecular weight is 396 g/mol. The minimum absolute atomic E-state index is 0.245. The van der Waals surface area contributed by atoms with E-state index in [1.165, 1.54) is 0 Å². The number of amides is 1. The van der Waals surface area contributed by atoms with E-state index in [4.69, 9.17) is 4.84 Å². The summed E-state index contributed by atoms with van der Waals surface area (Å²) in [5, 5.41) is 19.5. The molecule has 0 saturated carbocycles. The predicted octanol–water partition coefficient (Wildman–Crippen LogP) is 5.53. The van der Waals surface area contributed by atoms with Gasteiger partial charge in [0.2, 0.25) is 0 Å². The number of benzene rings is 4. The van der Waals surface area contributed by atoms with Crippen LogP contribution in [0.2, 0.25) is 0 Å². The van der Waals surface area contributed by atoms with Gasteiger partial charge in [-0.05, 0) is 17.0 Å². The molecule has 0 fully saturated rings. The maximum atomic E-state index is 12.4. The lowest BCUT2D eigenvalue weighted by Crippen LogP contribution is -2.17. The lowest BCUT2D eigenvalue weighted by molar-refractivity contribution is 0.163. The van der Waals surface area contributed by atoms with Crippen LogP contribution in [0.3, 0.4) is 0 Å². The van der Waals surface area contributed by atoms with E-state index < -0.39 is 12.2 Å². The van der Waals surface area contributed by atoms with E-state index in [1.807, 2.05) is 72.8 Å². The van der Waals surface area contributed by atoms with Crippen molar-refractivity contribution < 1.29 is 14.7 Å². The van der Waals surface area contributed by atoms with E-state index in [0.717, 1.165) is 10.8 Å². The Labute approximate surface area is 174 Å². The molecule has 1 atom stereocenters. The number of nitrogens with zero attached hydrogens (tertiary/aromatic N) is 1. The highest BCUT2D eigenvalue weighted by Gasteiger charge is 2.19. The first-order valence-electron chi connectivity index (χ1n) is 9.54. The second-order valence-electron chi connectivity index (χ2n) is 6.69. The van der Waals surface area contributed by atoms with Crippen molar-refractivity contribution >= 4 is 28.3 Å². The van der Waals surface area contributed by atoms with Crippen molar-refractivity contribution in [3.05, 3.63) is 114 Å². The molecule has 148 valence electrons. The van der Waals surface area contributed by atoms with Crippen LogP contribution in [0.5, 0.6) is 0 Å². The zero-order valence-corrected chi connectivity index (χ0v) is 16.1. The Bertz CT molecular complexity index is 1170. The molecule has 0 heterocycles. The number of carbonyl (C=O) groups is 1. The third kappa shape index (κ3) is 4.37. The molecule has 4 rings (SSSR count). The van der Waals surface area contributed by atoms with Gasteiger partial charge in [-0.25, -0.2) is 4.79 Å². The summed E-state index contributed by atoms with van der Waals surface area (Å²) in [5.41, 5.74) is 2.18. The van der Waals surface area contributed by atoms with E-state index >= 15 is 0 Å². The monoisotopic (exact) mass is 396 g/mol. The van der Waals surface area contributed by atoms with E-state index in [1.54, 1.807) is 30.3 Å². The fourth-order valence-electron chi connectivity index (χ4n) is 3.22. The van der Waals surface area contributed by atoms with E-state index in [9.17, 15) is 9.90 Å². The minimum atomic E-state index is -1.04. The Morgan fingerprint density at radius 2 is 1.43 bits per heavy atom. The molecule has 30 heavy (non-hydrogen) atoms. The maximum Gasteiger partial charge on any atom is 0.437 e. The summed E-state index contributed by atoms with van der Waals surface area (Å²) in [4.78, 5) is 17.6. The predicted molar refractivity (Wildman–Crippen MR) is 118 cm³/mol. The fraction of sp³-hybridized carbons (Fsp3) is 0.0400. The fourth-order valence-corrected chi connectivity index (χ4v) is 3.22. The van der Waals surface area contributed by atoms with Crippen LogP contribution in [-0.2, 0) is 4.84 Å². The van der Waals surface area contributed by atoms with Gasteiger partial charge in [0.25, 0.3) is 0 Å². The molecule has 0 aliphatic heterocycles. The molecule has 0 bridgehead atoms. The molecule has 5 nitrogen and oxygen atoms in total. The van der Waals surface area contributed by atoms with Gasteiger partial charge in [-0.1, -0.05) is 102 Å². The molecule has 4 aromatic carbocycles. The van der Waals surface area contributed by atoms with Crippen LogP contribution >= 0.6 is 0 Å². The van der Waals surface area contributed by atoms with E-state index in [2.05, 4.69) is 10.5 Å². The third-order valence-corrected chi connectivity index (χ3v) is 4.70. The minimum Gasteiger partial charge on any atom is -0.382 e. The number of aliphatic hydroxyl groups is 1. The molecule has 0 aromatic heterocycles. The first kappa shape index (κ1) is 19.4. The number of hydrogen-bond acceptors (Lipinski definition) is 4. The molecular formula is C25H20N2O3. The van der Waals surface area contributed by atoms with Gasteiger partial charge in [0.05, 0.1) is 5.69 Å². The smallest absolute Gasteiger partial charge is 0.382 e. The molecule has 1 unspecified atom stereocenters. The van der Waals surface area contributed by atoms with Crippen molar-refractivity contribution in [2.45, 2.75) is 6.10 Å². The molecule has 0 radical (unpaired) electrons. The van der Waals surface area contributed by atoms with E-state index in [-0.39, 0.29) is 5.71 Å². The molecule has 5 heteroatoms. The zero-order valence-electron chi connectivity index (χ0n) is 16.1. The second kappa shape index (κ2) is 9.03. The van der Waals surface area contributed by atoms with Gasteiger partial charge in [0.1, 0.15) is 11.8 Å². The number of aliphatic hydroxyl groups excluding tert-OH is 1. The molecular weight excluding hydrogens is 376 g/mol. The summed E-state index contributed by atoms with van der Waals surface area (Å²) >= 11 is 0. The zero-order chi connectivity index (χ0) is 20.8. The van der Waals surface area contributed by atoms with Crippen molar-refractivity contribution in [1.29, 1.82) is 0 Å². The second-order valence-corrected chi connectivity index (χ2v) is 6.69. The van der Waals surface area contributed by atoms with Crippen LogP contribution in [0.25, 0.3) is 10.8 Å². The first-order valence-corrected chi connectivity index (χ1v) is 9.54. The standard InChI is InChI=1S/C25H20N2O3/c28-24(20-13-5-2-6-14-20)23(19-11-3-1-4-12-19)27-30-25(29)26-22-17-9-15-18-10-7-8-16-21(18)22/h1-17,24,28H,(H,26,29). The summed E-state index contributed by atoms with van der Waals surface area (Å²) in [6.45, 7) is 0. The van der Waals surface area contributed by atoms with Crippen molar-refractivity contribution in [2.24, 2.45) is 5.16 Å². The summed E-state index contributed by atoms with van der Waals surface area (Å²) in [7, 11) is 0. The Kier molecular flexibility index (Phi) is 5.83. The SMILES string of the molecule is O=C(Nc1cccc2ccccc12)ON=C(c1ccccc1)C(O)c1ccccc1. The van der Waals surface area contributed by atoms with Gasteiger partial charge < -0.3 is 5.11 Å². The molecule has 0 aliphatic rings. The number of anilines is 1. The summed E-state index contributed by atoms with van der Waals surface area (Å²) in [6.07, 6.45) is -1.78. The van der Waals surface area contributed by atoms with Gasteiger partial charge in [0, 0.05) is 10.9 Å². The highest BCUT2D eigenvalue weighted by molar-refractivity contribution is 6.04. The van der Waals surface area contributed by atoms with Gasteiger partial charge in [-0.15, -0.1) is 0 Å². The normalized spacial score (nSPS) is 12.4. The Morgan fingerprint density at radius 3 is 2.20 bits per heavy atom. The molecule has 0 spiro atoms. The lowest BCUT2D eigenvalue weighted by Gasteiger charge is -2.14. The van der Waals surface area contributed by atoms with Crippen molar-refractivity contribution in [2.75, 3.05) is 5.32 Å². The third-order valence-electron chi connectivity index (χ3n) is 4.70. The summed E-state index contributed by atoms with van der Waals surface area (Å²) in [5.74, 6) is 0. The Hall–Kier alpha value is -3.96. The van der Waals surface area contributed by atoms with Gasteiger partial charge in [-0.3, -0.25) is 10.2 Å². The maximum absolute atomic E-state index is 12.4. The highest BCUT2D eigenvalue weighted by atomic mass is 16.7. The van der Waals surface area contributed by atoms with Gasteiger partial charge >= 0.3 is 6.09 Å². The van der Waals surface area contributed by atoms with Crippen LogP contribution in [0, 0.1) is 0 Å². The molecule has 1 amide bonds. The Balaban J connectivity index is 1.58.